The second-order valence-corrected chi connectivity index (χ2v) is 5.41. The number of azo groups is 1. The quantitative estimate of drug-likeness (QED) is 0.418. The summed E-state index contributed by atoms with van der Waals surface area (Å²) in [7, 11) is 1.50. The maximum absolute atomic E-state index is 12.0. The molecule has 2 heterocycles. The second kappa shape index (κ2) is 7.42. The van der Waals surface area contributed by atoms with Gasteiger partial charge in [-0.3, -0.25) is 0 Å². The number of methoxy groups -OCH3 is 1. The van der Waals surface area contributed by atoms with Gasteiger partial charge in [-0.25, -0.2) is 4.79 Å². The van der Waals surface area contributed by atoms with E-state index < -0.39 is 5.97 Å². The van der Waals surface area contributed by atoms with E-state index >= 15 is 0 Å². The predicted molar refractivity (Wildman–Crippen MR) is 84.7 cm³/mol. The van der Waals surface area contributed by atoms with Crippen molar-refractivity contribution in [1.82, 2.24) is 20.6 Å². The molecule has 122 valence electrons. The van der Waals surface area contributed by atoms with Crippen LogP contribution in [0.4, 0.5) is 5.95 Å². The van der Waals surface area contributed by atoms with Crippen LogP contribution in [-0.2, 0) is 6.54 Å². The summed E-state index contributed by atoms with van der Waals surface area (Å²) < 4.78 is 10.6. The highest BCUT2D eigenvalue weighted by molar-refractivity contribution is 7.12. The van der Waals surface area contributed by atoms with Crippen molar-refractivity contribution in [3.8, 4) is 11.5 Å². The Balaban J connectivity index is 1.69. The van der Waals surface area contributed by atoms with E-state index in [2.05, 4.69) is 30.9 Å². The van der Waals surface area contributed by atoms with E-state index in [1.54, 1.807) is 30.3 Å². The summed E-state index contributed by atoms with van der Waals surface area (Å²) in [5.74, 6) is 0.512. The molecule has 0 saturated carbocycles. The highest BCUT2D eigenvalue weighted by Crippen LogP contribution is 2.29. The Bertz CT molecular complexity index is 832. The number of nitrogens with one attached hydrogen (secondary N) is 1. The Morgan fingerprint density at radius 1 is 1.33 bits per heavy atom. The van der Waals surface area contributed by atoms with Crippen LogP contribution in [0.1, 0.15) is 15.2 Å². The number of benzene rings is 1. The van der Waals surface area contributed by atoms with Crippen LogP contribution in [0.5, 0.6) is 11.5 Å². The number of ether oxygens (including phenoxy) is 2. The summed E-state index contributed by atoms with van der Waals surface area (Å²) >= 11 is 1.31. The summed E-state index contributed by atoms with van der Waals surface area (Å²) in [6.07, 6.45) is 0. The molecule has 0 aliphatic heterocycles. The van der Waals surface area contributed by atoms with Crippen molar-refractivity contribution < 1.29 is 14.3 Å². The number of tetrazole rings is 1. The van der Waals surface area contributed by atoms with E-state index in [0.29, 0.717) is 22.9 Å². The van der Waals surface area contributed by atoms with E-state index in [0.717, 1.165) is 5.56 Å². The lowest BCUT2D eigenvalue weighted by atomic mass is 10.2. The van der Waals surface area contributed by atoms with Gasteiger partial charge in [-0.2, -0.15) is 10.3 Å². The number of aromatic nitrogens is 4. The summed E-state index contributed by atoms with van der Waals surface area (Å²) in [5, 5.41) is 22.6. The molecule has 0 spiro atoms. The third-order valence-electron chi connectivity index (χ3n) is 2.90. The van der Waals surface area contributed by atoms with Gasteiger partial charge in [0.05, 0.1) is 13.7 Å². The Morgan fingerprint density at radius 2 is 2.25 bits per heavy atom. The number of hydrogen-bond acceptors (Lipinski definition) is 9. The number of rotatable bonds is 6. The number of carbonyl (C=O) groups excluding carboxylic acids is 1. The summed E-state index contributed by atoms with van der Waals surface area (Å²) in [6, 6.07) is 8.65. The molecular weight excluding hydrogens is 332 g/mol. The Morgan fingerprint density at radius 3 is 2.96 bits per heavy atom. The molecule has 0 unspecified atom stereocenters. The summed E-state index contributed by atoms with van der Waals surface area (Å²) in [5.41, 5.74) is 0.829. The van der Waals surface area contributed by atoms with Crippen molar-refractivity contribution in [1.29, 1.82) is 0 Å². The molecule has 24 heavy (non-hydrogen) atoms. The van der Waals surface area contributed by atoms with Gasteiger partial charge in [-0.05, 0) is 34.4 Å². The fraction of sp³-hybridized carbons (Fsp3) is 0.143. The first-order valence-electron chi connectivity index (χ1n) is 6.80. The predicted octanol–water partition coefficient (Wildman–Crippen LogP) is 2.77. The van der Waals surface area contributed by atoms with Gasteiger partial charge in [-0.15, -0.1) is 21.5 Å². The highest BCUT2D eigenvalue weighted by atomic mass is 32.1. The van der Waals surface area contributed by atoms with Gasteiger partial charge in [-0.1, -0.05) is 17.2 Å². The lowest BCUT2D eigenvalue weighted by Gasteiger charge is -2.09. The van der Waals surface area contributed by atoms with Crippen molar-refractivity contribution in [2.24, 2.45) is 10.2 Å². The molecule has 1 aromatic carbocycles. The molecule has 0 saturated heterocycles. The van der Waals surface area contributed by atoms with Crippen molar-refractivity contribution >= 4 is 23.3 Å². The third-order valence-corrected chi connectivity index (χ3v) is 3.75. The number of thiophene rings is 1. The SMILES string of the molecule is COc1cc(CN=Nc2nn[nH]n2)ccc1OC(=O)c1cccs1. The van der Waals surface area contributed by atoms with Gasteiger partial charge < -0.3 is 9.47 Å². The largest absolute Gasteiger partial charge is 0.493 e. The molecule has 10 heteroatoms. The zero-order valence-corrected chi connectivity index (χ0v) is 13.4. The van der Waals surface area contributed by atoms with Gasteiger partial charge in [0.2, 0.25) is 0 Å². The van der Waals surface area contributed by atoms with Crippen LogP contribution < -0.4 is 9.47 Å². The minimum absolute atomic E-state index is 0.156. The molecule has 0 aliphatic rings. The molecule has 9 nitrogen and oxygen atoms in total. The van der Waals surface area contributed by atoms with Gasteiger partial charge in [0.15, 0.2) is 11.5 Å². The standard InChI is InChI=1S/C14H12N6O3S/c1-22-11-7-9(8-15-16-14-17-19-20-18-14)4-5-10(11)23-13(21)12-3-2-6-24-12/h2-7H,8H2,1H3,(H,17,18,19,20). The smallest absolute Gasteiger partial charge is 0.353 e. The van der Waals surface area contributed by atoms with E-state index in [4.69, 9.17) is 9.47 Å². The number of hydrogen-bond donors (Lipinski definition) is 1. The average Bonchev–Trinajstić information content (AvgIpc) is 3.29. The number of H-pyrrole nitrogens is 1. The zero-order chi connectivity index (χ0) is 16.8. The van der Waals surface area contributed by atoms with E-state index in [-0.39, 0.29) is 5.95 Å². The van der Waals surface area contributed by atoms with Crippen molar-refractivity contribution in [2.75, 3.05) is 7.11 Å². The Hall–Kier alpha value is -3.14. The minimum Gasteiger partial charge on any atom is -0.493 e. The molecule has 2 aromatic heterocycles. The lowest BCUT2D eigenvalue weighted by molar-refractivity contribution is 0.0735. The van der Waals surface area contributed by atoms with Gasteiger partial charge >= 0.3 is 11.9 Å². The third kappa shape index (κ3) is 3.79. The van der Waals surface area contributed by atoms with Crippen molar-refractivity contribution in [2.45, 2.75) is 6.54 Å². The van der Waals surface area contributed by atoms with Gasteiger partial charge in [0.1, 0.15) is 4.88 Å². The Kier molecular flexibility index (Phi) is 4.87. The van der Waals surface area contributed by atoms with Crippen molar-refractivity contribution in [3.05, 3.63) is 46.2 Å². The van der Waals surface area contributed by atoms with Gasteiger partial charge in [0, 0.05) is 0 Å². The average molecular weight is 344 g/mol. The van der Waals surface area contributed by atoms with E-state index in [1.165, 1.54) is 18.4 Å². The van der Waals surface area contributed by atoms with Crippen LogP contribution in [-0.4, -0.2) is 33.7 Å². The minimum atomic E-state index is -0.423. The van der Waals surface area contributed by atoms with Crippen LogP contribution >= 0.6 is 11.3 Å². The molecule has 3 rings (SSSR count). The molecule has 0 aliphatic carbocycles. The normalized spacial score (nSPS) is 10.9. The zero-order valence-electron chi connectivity index (χ0n) is 12.5. The van der Waals surface area contributed by atoms with Crippen LogP contribution in [0.25, 0.3) is 0 Å². The molecule has 1 N–H and O–H groups in total. The van der Waals surface area contributed by atoms with E-state index in [1.807, 2.05) is 5.38 Å². The number of nitrogens with zero attached hydrogens (tertiary/aromatic N) is 5. The maximum Gasteiger partial charge on any atom is 0.353 e. The monoisotopic (exact) mass is 344 g/mol. The Labute approximate surface area is 140 Å². The molecular formula is C14H12N6O3S. The van der Waals surface area contributed by atoms with Crippen LogP contribution in [0.15, 0.2) is 45.9 Å². The molecule has 3 aromatic rings. The fourth-order valence-electron chi connectivity index (χ4n) is 1.82. The van der Waals surface area contributed by atoms with Gasteiger partial charge in [0.25, 0.3) is 0 Å². The molecule has 0 fully saturated rings. The molecule has 0 amide bonds. The van der Waals surface area contributed by atoms with Crippen LogP contribution in [0.2, 0.25) is 0 Å². The van der Waals surface area contributed by atoms with Crippen LogP contribution in [0, 0.1) is 0 Å². The lowest BCUT2D eigenvalue weighted by Crippen LogP contribution is -2.07. The highest BCUT2D eigenvalue weighted by Gasteiger charge is 2.13. The maximum atomic E-state index is 12.0. The summed E-state index contributed by atoms with van der Waals surface area (Å²) in [6.45, 7) is 0.296. The first kappa shape index (κ1) is 15.7. The molecule has 0 bridgehead atoms. The number of carbonyl (C=O) groups is 1. The van der Waals surface area contributed by atoms with Crippen molar-refractivity contribution in [3.63, 3.8) is 0 Å². The molecule has 0 radical (unpaired) electrons. The first-order chi connectivity index (χ1) is 11.8. The molecule has 0 atom stereocenters. The fourth-order valence-corrected chi connectivity index (χ4v) is 2.42. The first-order valence-corrected chi connectivity index (χ1v) is 7.68. The van der Waals surface area contributed by atoms with E-state index in [9.17, 15) is 4.79 Å². The topological polar surface area (TPSA) is 115 Å². The number of aromatic amines is 1. The number of esters is 1. The second-order valence-electron chi connectivity index (χ2n) is 4.46. The summed E-state index contributed by atoms with van der Waals surface area (Å²) in [4.78, 5) is 12.5. The van der Waals surface area contributed by atoms with Crippen LogP contribution in [0.3, 0.4) is 0 Å².